The SMILES string of the molecule is O=[C]OC1OOCC1=O. The van der Waals surface area contributed by atoms with Crippen LogP contribution in [0.4, 0.5) is 0 Å². The van der Waals surface area contributed by atoms with Gasteiger partial charge in [0, 0.05) is 0 Å². The van der Waals surface area contributed by atoms with E-state index in [0.29, 0.717) is 0 Å². The molecule has 1 atom stereocenters. The molecule has 0 aromatic carbocycles. The largest absolute Gasteiger partial charge is 0.420 e. The highest BCUT2D eigenvalue weighted by molar-refractivity contribution is 5.84. The van der Waals surface area contributed by atoms with Crippen molar-refractivity contribution < 1.29 is 24.1 Å². The van der Waals surface area contributed by atoms with E-state index in [-0.39, 0.29) is 6.61 Å². The Morgan fingerprint density at radius 1 is 1.78 bits per heavy atom. The Kier molecular flexibility index (Phi) is 1.76. The molecule has 49 valence electrons. The monoisotopic (exact) mass is 131 g/mol. The number of hydrogen-bond donors (Lipinski definition) is 0. The second kappa shape index (κ2) is 2.56. The van der Waals surface area contributed by atoms with Crippen LogP contribution in [0.25, 0.3) is 0 Å². The summed E-state index contributed by atoms with van der Waals surface area (Å²) in [4.78, 5) is 28.2. The van der Waals surface area contributed by atoms with Crippen LogP contribution < -0.4 is 0 Å². The minimum atomic E-state index is -1.21. The van der Waals surface area contributed by atoms with E-state index in [1.165, 1.54) is 0 Å². The Hall–Kier alpha value is -0.940. The maximum absolute atomic E-state index is 10.4. The predicted molar refractivity (Wildman–Crippen MR) is 22.6 cm³/mol. The average molecular weight is 131 g/mol. The van der Waals surface area contributed by atoms with Gasteiger partial charge in [0.1, 0.15) is 6.61 Å². The fraction of sp³-hybridized carbons (Fsp3) is 0.500. The molecule has 1 aliphatic heterocycles. The fourth-order valence-electron chi connectivity index (χ4n) is 0.405. The molecule has 0 aromatic rings. The summed E-state index contributed by atoms with van der Waals surface area (Å²) < 4.78 is 4.01. The van der Waals surface area contributed by atoms with Crippen molar-refractivity contribution in [2.75, 3.05) is 6.61 Å². The second-order valence-corrected chi connectivity index (χ2v) is 1.36. The molecule has 1 aliphatic rings. The summed E-state index contributed by atoms with van der Waals surface area (Å²) in [6.07, 6.45) is -1.21. The Bertz CT molecular complexity index is 131. The third-order valence-corrected chi connectivity index (χ3v) is 0.775. The second-order valence-electron chi connectivity index (χ2n) is 1.36. The third-order valence-electron chi connectivity index (χ3n) is 0.775. The van der Waals surface area contributed by atoms with Gasteiger partial charge in [-0.1, -0.05) is 0 Å². The van der Waals surface area contributed by atoms with E-state index in [1.807, 2.05) is 0 Å². The van der Waals surface area contributed by atoms with Crippen molar-refractivity contribution in [1.82, 2.24) is 0 Å². The summed E-state index contributed by atoms with van der Waals surface area (Å²) in [7, 11) is 0. The molecule has 9 heavy (non-hydrogen) atoms. The van der Waals surface area contributed by atoms with Crippen molar-refractivity contribution in [3.05, 3.63) is 0 Å². The Morgan fingerprint density at radius 3 is 3.00 bits per heavy atom. The summed E-state index contributed by atoms with van der Waals surface area (Å²) in [6.45, 7) is 0.890. The molecule has 0 aliphatic carbocycles. The standard InChI is InChI=1S/C4H3O5/c5-2-7-4-3(6)1-8-9-4/h4H,1H2. The van der Waals surface area contributed by atoms with Crippen LogP contribution in [-0.4, -0.2) is 25.2 Å². The normalized spacial score (nSPS) is 26.2. The number of hydrogen-bond acceptors (Lipinski definition) is 5. The number of carbonyl (C=O) groups excluding carboxylic acids is 2. The molecule has 1 fully saturated rings. The van der Waals surface area contributed by atoms with Gasteiger partial charge in [0.05, 0.1) is 0 Å². The van der Waals surface area contributed by atoms with Gasteiger partial charge in [-0.15, -0.1) is 0 Å². The van der Waals surface area contributed by atoms with Crippen molar-refractivity contribution >= 4 is 12.3 Å². The van der Waals surface area contributed by atoms with Crippen molar-refractivity contribution in [2.45, 2.75) is 6.29 Å². The Morgan fingerprint density at radius 2 is 2.56 bits per heavy atom. The molecular formula is C4H3O5. The molecule has 1 unspecified atom stereocenters. The summed E-state index contributed by atoms with van der Waals surface area (Å²) in [6, 6.07) is 0. The summed E-state index contributed by atoms with van der Waals surface area (Å²) >= 11 is 0. The number of ketones is 1. The quantitative estimate of drug-likeness (QED) is 0.446. The van der Waals surface area contributed by atoms with E-state index in [1.54, 1.807) is 0 Å². The molecule has 5 heteroatoms. The van der Waals surface area contributed by atoms with Gasteiger partial charge in [0.25, 0.3) is 6.29 Å². The zero-order valence-electron chi connectivity index (χ0n) is 4.33. The first-order chi connectivity index (χ1) is 4.34. The van der Waals surface area contributed by atoms with E-state index in [2.05, 4.69) is 14.5 Å². The minimum absolute atomic E-state index is 0.174. The molecule has 0 amide bonds. The maximum Gasteiger partial charge on any atom is 0.420 e. The van der Waals surface area contributed by atoms with Gasteiger partial charge < -0.3 is 4.74 Å². The van der Waals surface area contributed by atoms with Crippen LogP contribution in [0.15, 0.2) is 0 Å². The lowest BCUT2D eigenvalue weighted by atomic mass is 10.4. The third kappa shape index (κ3) is 1.24. The molecule has 0 saturated carbocycles. The van der Waals surface area contributed by atoms with Crippen molar-refractivity contribution in [3.8, 4) is 0 Å². The molecule has 5 nitrogen and oxygen atoms in total. The average Bonchev–Trinajstić information content (AvgIpc) is 2.18. The Balaban J connectivity index is 2.39. The van der Waals surface area contributed by atoms with Crippen molar-refractivity contribution in [3.63, 3.8) is 0 Å². The van der Waals surface area contributed by atoms with Gasteiger partial charge in [-0.3, -0.25) is 4.79 Å². The van der Waals surface area contributed by atoms with E-state index < -0.39 is 12.1 Å². The molecule has 1 radical (unpaired) electrons. The number of ether oxygens (including phenoxy) is 1. The van der Waals surface area contributed by atoms with E-state index >= 15 is 0 Å². The van der Waals surface area contributed by atoms with Gasteiger partial charge in [-0.25, -0.2) is 9.68 Å². The fourth-order valence-corrected chi connectivity index (χ4v) is 0.405. The van der Waals surface area contributed by atoms with E-state index in [4.69, 9.17) is 0 Å². The zero-order valence-corrected chi connectivity index (χ0v) is 4.33. The van der Waals surface area contributed by atoms with Crippen LogP contribution in [0.2, 0.25) is 0 Å². The van der Waals surface area contributed by atoms with Crippen LogP contribution in [0.5, 0.6) is 0 Å². The lowest BCUT2D eigenvalue weighted by molar-refractivity contribution is -0.311. The van der Waals surface area contributed by atoms with Crippen molar-refractivity contribution in [1.29, 1.82) is 0 Å². The molecule has 0 spiro atoms. The van der Waals surface area contributed by atoms with Gasteiger partial charge >= 0.3 is 6.47 Å². The molecule has 0 aromatic heterocycles. The van der Waals surface area contributed by atoms with Crippen LogP contribution in [0.1, 0.15) is 0 Å². The zero-order chi connectivity index (χ0) is 6.69. The number of rotatable bonds is 2. The van der Waals surface area contributed by atoms with Crippen molar-refractivity contribution in [2.24, 2.45) is 0 Å². The van der Waals surface area contributed by atoms with E-state index in [0.717, 1.165) is 6.47 Å². The summed E-state index contributed by atoms with van der Waals surface area (Å²) in [5.74, 6) is -0.418. The smallest absolute Gasteiger partial charge is 0.417 e. The summed E-state index contributed by atoms with van der Waals surface area (Å²) in [5, 5.41) is 0. The highest BCUT2D eigenvalue weighted by Crippen LogP contribution is 2.04. The van der Waals surface area contributed by atoms with Crippen LogP contribution >= 0.6 is 0 Å². The lowest BCUT2D eigenvalue weighted by Gasteiger charge is -1.97. The first kappa shape index (κ1) is 6.18. The Labute approximate surface area is 50.4 Å². The summed E-state index contributed by atoms with van der Waals surface area (Å²) in [5.41, 5.74) is 0. The molecule has 1 heterocycles. The van der Waals surface area contributed by atoms with Gasteiger partial charge in [-0.05, 0) is 0 Å². The molecule has 0 N–H and O–H groups in total. The lowest BCUT2D eigenvalue weighted by Crippen LogP contribution is -2.19. The van der Waals surface area contributed by atoms with Gasteiger partial charge in [-0.2, -0.15) is 4.89 Å². The first-order valence-electron chi connectivity index (χ1n) is 2.18. The van der Waals surface area contributed by atoms with Gasteiger partial charge in [0.15, 0.2) is 0 Å². The number of carbonyl (C=O) groups is 1. The highest BCUT2D eigenvalue weighted by atomic mass is 17.2. The minimum Gasteiger partial charge on any atom is -0.417 e. The number of Topliss-reactive ketones (excluding diaryl/α,β-unsaturated/α-hetero) is 1. The van der Waals surface area contributed by atoms with Crippen LogP contribution in [0, 0.1) is 0 Å². The maximum atomic E-state index is 10.4. The predicted octanol–water partition coefficient (Wildman–Crippen LogP) is -1.07. The highest BCUT2D eigenvalue weighted by Gasteiger charge is 2.28. The van der Waals surface area contributed by atoms with Crippen LogP contribution in [0.3, 0.4) is 0 Å². The van der Waals surface area contributed by atoms with Crippen LogP contribution in [-0.2, 0) is 24.1 Å². The molecular weight excluding hydrogens is 128 g/mol. The topological polar surface area (TPSA) is 61.8 Å². The van der Waals surface area contributed by atoms with Gasteiger partial charge in [0.2, 0.25) is 5.78 Å². The molecule has 1 saturated heterocycles. The van der Waals surface area contributed by atoms with E-state index in [9.17, 15) is 9.59 Å². The molecule has 0 bridgehead atoms. The molecule has 1 rings (SSSR count). The first-order valence-corrected chi connectivity index (χ1v) is 2.18.